The van der Waals surface area contributed by atoms with Gasteiger partial charge < -0.3 is 10.1 Å². The van der Waals surface area contributed by atoms with E-state index in [1.165, 1.54) is 60.5 Å². The molecule has 0 atom stereocenters. The van der Waals surface area contributed by atoms with Crippen molar-refractivity contribution in [2.45, 2.75) is 4.34 Å². The molecule has 0 radical (unpaired) electrons. The van der Waals surface area contributed by atoms with Gasteiger partial charge in [-0.15, -0.1) is 11.3 Å². The van der Waals surface area contributed by atoms with Gasteiger partial charge in [0.25, 0.3) is 11.4 Å². The van der Waals surface area contributed by atoms with Crippen LogP contribution in [0.15, 0.2) is 40.7 Å². The van der Waals surface area contributed by atoms with Gasteiger partial charge in [-0.3, -0.25) is 25.0 Å². The van der Waals surface area contributed by atoms with E-state index >= 15 is 0 Å². The van der Waals surface area contributed by atoms with E-state index in [0.29, 0.717) is 20.2 Å². The molecule has 3 aromatic rings. The fourth-order valence-corrected chi connectivity index (χ4v) is 4.18. The molecule has 1 N–H and O–H groups in total. The molecule has 0 saturated heterocycles. The average Bonchev–Trinajstić information content (AvgIpc) is 3.08. The van der Waals surface area contributed by atoms with Crippen molar-refractivity contribution in [2.24, 2.45) is 0 Å². The molecule has 0 fully saturated rings. The summed E-state index contributed by atoms with van der Waals surface area (Å²) in [4.78, 5) is 37.1. The van der Waals surface area contributed by atoms with Gasteiger partial charge in [-0.05, 0) is 12.1 Å². The van der Waals surface area contributed by atoms with Gasteiger partial charge >= 0.3 is 0 Å². The van der Waals surface area contributed by atoms with Crippen molar-refractivity contribution in [2.75, 3.05) is 18.2 Å². The number of aromatic nitrogens is 1. The number of benzene rings is 2. The molecular weight excluding hydrogens is 408 g/mol. The molecule has 12 heteroatoms. The Morgan fingerprint density at radius 3 is 2.54 bits per heavy atom. The number of amides is 1. The second kappa shape index (κ2) is 8.19. The Morgan fingerprint density at radius 2 is 1.86 bits per heavy atom. The van der Waals surface area contributed by atoms with Crippen LogP contribution >= 0.6 is 23.1 Å². The van der Waals surface area contributed by atoms with Gasteiger partial charge in [0.05, 0.1) is 44.7 Å². The van der Waals surface area contributed by atoms with Crippen molar-refractivity contribution in [3.05, 3.63) is 56.6 Å². The zero-order valence-corrected chi connectivity index (χ0v) is 15.9. The minimum atomic E-state index is -0.554. The zero-order chi connectivity index (χ0) is 20.3. The summed E-state index contributed by atoms with van der Waals surface area (Å²) in [5, 5.41) is 24.3. The predicted octanol–water partition coefficient (Wildman–Crippen LogP) is 3.85. The highest BCUT2D eigenvalue weighted by atomic mass is 32.2. The average molecular weight is 420 g/mol. The number of fused-ring (bicyclic) bond motifs is 1. The summed E-state index contributed by atoms with van der Waals surface area (Å²) in [6.45, 7) is 0. The monoisotopic (exact) mass is 420 g/mol. The maximum atomic E-state index is 12.2. The zero-order valence-electron chi connectivity index (χ0n) is 14.3. The summed E-state index contributed by atoms with van der Waals surface area (Å²) in [6.07, 6.45) is 0. The molecule has 1 heterocycles. The smallest absolute Gasteiger partial charge is 0.273 e. The minimum Gasteiger partial charge on any atom is -0.494 e. The van der Waals surface area contributed by atoms with Crippen LogP contribution < -0.4 is 10.1 Å². The summed E-state index contributed by atoms with van der Waals surface area (Å²) in [5.41, 5.74) is 0.776. The molecular formula is C16H12N4O6S2. The molecule has 0 bridgehead atoms. The molecule has 0 aliphatic carbocycles. The second-order valence-electron chi connectivity index (χ2n) is 5.37. The Hall–Kier alpha value is -3.25. The minimum absolute atomic E-state index is 0.0179. The van der Waals surface area contributed by atoms with Crippen molar-refractivity contribution in [3.63, 3.8) is 0 Å². The van der Waals surface area contributed by atoms with Gasteiger partial charge in [-0.2, -0.15) is 0 Å². The summed E-state index contributed by atoms with van der Waals surface area (Å²) < 4.78 is 6.34. The largest absolute Gasteiger partial charge is 0.494 e. The highest BCUT2D eigenvalue weighted by Crippen LogP contribution is 2.32. The van der Waals surface area contributed by atoms with Crippen LogP contribution in [0, 0.1) is 20.2 Å². The maximum Gasteiger partial charge on any atom is 0.273 e. The molecule has 0 aliphatic heterocycles. The van der Waals surface area contributed by atoms with Crippen LogP contribution in [0.5, 0.6) is 5.75 Å². The van der Waals surface area contributed by atoms with Crippen LogP contribution in [-0.4, -0.2) is 33.6 Å². The van der Waals surface area contributed by atoms with Crippen LogP contribution in [0.1, 0.15) is 0 Å². The molecule has 0 spiro atoms. The molecule has 144 valence electrons. The third kappa shape index (κ3) is 4.35. The van der Waals surface area contributed by atoms with E-state index in [-0.39, 0.29) is 28.8 Å². The van der Waals surface area contributed by atoms with Gasteiger partial charge in [0, 0.05) is 18.2 Å². The van der Waals surface area contributed by atoms with E-state index in [0.717, 1.165) is 0 Å². The van der Waals surface area contributed by atoms with Crippen LogP contribution in [0.25, 0.3) is 10.2 Å². The van der Waals surface area contributed by atoms with Crippen LogP contribution in [0.2, 0.25) is 0 Å². The van der Waals surface area contributed by atoms with Crippen molar-refractivity contribution >= 4 is 56.3 Å². The number of thioether (sulfide) groups is 1. The number of anilines is 1. The topological polar surface area (TPSA) is 138 Å². The molecule has 28 heavy (non-hydrogen) atoms. The van der Waals surface area contributed by atoms with Gasteiger partial charge in [-0.25, -0.2) is 4.98 Å². The number of nitro benzene ring substituents is 2. The van der Waals surface area contributed by atoms with Crippen LogP contribution in [0.3, 0.4) is 0 Å². The van der Waals surface area contributed by atoms with E-state index in [1.807, 2.05) is 0 Å². The molecule has 0 unspecified atom stereocenters. The first-order valence-electron chi connectivity index (χ1n) is 7.67. The number of hydrogen-bond acceptors (Lipinski definition) is 9. The number of nitro groups is 2. The van der Waals surface area contributed by atoms with E-state index in [9.17, 15) is 25.0 Å². The standard InChI is InChI=1S/C16H12N4O6S2/c1-26-13-6-9(19(22)23)2-4-11(13)17-15(21)8-27-16-18-12-5-3-10(20(24)25)7-14(12)28-16/h2-7H,8H2,1H3,(H,17,21). The molecule has 3 rings (SSSR count). The number of carbonyl (C=O) groups is 1. The Labute approximate surface area is 165 Å². The maximum absolute atomic E-state index is 12.2. The lowest BCUT2D eigenvalue weighted by molar-refractivity contribution is -0.385. The summed E-state index contributed by atoms with van der Waals surface area (Å²) >= 11 is 2.44. The number of non-ortho nitro benzene ring substituents is 2. The Kier molecular flexibility index (Phi) is 5.70. The van der Waals surface area contributed by atoms with E-state index in [4.69, 9.17) is 4.74 Å². The van der Waals surface area contributed by atoms with E-state index < -0.39 is 9.85 Å². The number of carbonyl (C=O) groups excluding carboxylic acids is 1. The predicted molar refractivity (Wildman–Crippen MR) is 105 cm³/mol. The fourth-order valence-electron chi connectivity index (χ4n) is 2.28. The highest BCUT2D eigenvalue weighted by molar-refractivity contribution is 8.01. The van der Waals surface area contributed by atoms with Crippen molar-refractivity contribution in [1.82, 2.24) is 4.98 Å². The summed E-state index contributed by atoms with van der Waals surface area (Å²) in [5.74, 6) is -0.121. The number of rotatable bonds is 7. The Balaban J connectivity index is 1.66. The van der Waals surface area contributed by atoms with Crippen molar-refractivity contribution in [1.29, 1.82) is 0 Å². The summed E-state index contributed by atoms with van der Waals surface area (Å²) in [6, 6.07) is 8.28. The first kappa shape index (κ1) is 19.5. The molecule has 0 saturated carbocycles. The first-order valence-corrected chi connectivity index (χ1v) is 9.47. The number of hydrogen-bond donors (Lipinski definition) is 1. The third-order valence-electron chi connectivity index (χ3n) is 3.56. The lowest BCUT2D eigenvalue weighted by Crippen LogP contribution is -2.14. The lowest BCUT2D eigenvalue weighted by Gasteiger charge is -2.09. The first-order chi connectivity index (χ1) is 13.4. The number of methoxy groups -OCH3 is 1. The van der Waals surface area contributed by atoms with Gasteiger partial charge in [0.1, 0.15) is 5.75 Å². The van der Waals surface area contributed by atoms with Gasteiger partial charge in [-0.1, -0.05) is 11.8 Å². The normalized spacial score (nSPS) is 10.6. The lowest BCUT2D eigenvalue weighted by atomic mass is 10.2. The molecule has 1 amide bonds. The van der Waals surface area contributed by atoms with Gasteiger partial charge in [0.15, 0.2) is 4.34 Å². The molecule has 2 aromatic carbocycles. The van der Waals surface area contributed by atoms with Gasteiger partial charge in [0.2, 0.25) is 5.91 Å². The Morgan fingerprint density at radius 1 is 1.18 bits per heavy atom. The molecule has 0 aliphatic rings. The van der Waals surface area contributed by atoms with E-state index in [1.54, 1.807) is 6.07 Å². The second-order valence-corrected chi connectivity index (χ2v) is 7.62. The SMILES string of the molecule is COc1cc([N+](=O)[O-])ccc1NC(=O)CSc1nc2ccc([N+](=O)[O-])cc2s1. The Bertz CT molecular complexity index is 1080. The number of nitrogens with one attached hydrogen (secondary N) is 1. The third-order valence-corrected chi connectivity index (χ3v) is 5.72. The van der Waals surface area contributed by atoms with Crippen molar-refractivity contribution in [3.8, 4) is 5.75 Å². The quantitative estimate of drug-likeness (QED) is 0.345. The number of ether oxygens (including phenoxy) is 1. The fraction of sp³-hybridized carbons (Fsp3) is 0.125. The van der Waals surface area contributed by atoms with Crippen molar-refractivity contribution < 1.29 is 19.4 Å². The van der Waals surface area contributed by atoms with Crippen LogP contribution in [0.4, 0.5) is 17.1 Å². The number of thiazole rings is 1. The number of nitrogens with zero attached hydrogens (tertiary/aromatic N) is 3. The summed E-state index contributed by atoms with van der Waals surface area (Å²) in [7, 11) is 1.35. The van der Waals surface area contributed by atoms with Crippen LogP contribution in [-0.2, 0) is 4.79 Å². The molecule has 1 aromatic heterocycles. The van der Waals surface area contributed by atoms with E-state index in [2.05, 4.69) is 10.3 Å². The molecule has 10 nitrogen and oxygen atoms in total. The highest BCUT2D eigenvalue weighted by Gasteiger charge is 2.15.